The van der Waals surface area contributed by atoms with Gasteiger partial charge in [0.15, 0.2) is 5.82 Å². The highest BCUT2D eigenvalue weighted by Crippen LogP contribution is 2.43. The van der Waals surface area contributed by atoms with Crippen molar-refractivity contribution >= 4 is 11.7 Å². The summed E-state index contributed by atoms with van der Waals surface area (Å²) in [7, 11) is 1.74. The third-order valence-corrected chi connectivity index (χ3v) is 5.68. The van der Waals surface area contributed by atoms with Crippen LogP contribution in [0.3, 0.4) is 0 Å². The molecule has 0 aromatic carbocycles. The van der Waals surface area contributed by atoms with Gasteiger partial charge in [-0.1, -0.05) is 12.2 Å². The Morgan fingerprint density at radius 2 is 2.21 bits per heavy atom. The second-order valence-electron chi connectivity index (χ2n) is 7.35. The Hall–Kier alpha value is -2.11. The minimum atomic E-state index is -0.0808. The number of aryl methyl sites for hydroxylation is 1. The lowest BCUT2D eigenvalue weighted by atomic mass is 9.92. The maximum Gasteiger partial charge on any atom is 0.293 e. The fourth-order valence-corrected chi connectivity index (χ4v) is 4.38. The van der Waals surface area contributed by atoms with Crippen LogP contribution in [-0.4, -0.2) is 34.6 Å². The fourth-order valence-electron chi connectivity index (χ4n) is 4.38. The molecule has 2 fully saturated rings. The zero-order valence-corrected chi connectivity index (χ0v) is 14.0. The number of allylic oxidation sites excluding steroid dienone is 2. The van der Waals surface area contributed by atoms with Gasteiger partial charge in [0.05, 0.1) is 0 Å². The number of hydrogen-bond acceptors (Lipinski definition) is 4. The first-order valence-electron chi connectivity index (χ1n) is 8.87. The van der Waals surface area contributed by atoms with E-state index >= 15 is 0 Å². The molecular weight excluding hydrogens is 304 g/mol. The van der Waals surface area contributed by atoms with Crippen molar-refractivity contribution in [2.45, 2.75) is 31.7 Å². The molecule has 4 rings (SSSR count). The van der Waals surface area contributed by atoms with Gasteiger partial charge in [-0.15, -0.1) is 0 Å². The molecule has 1 aromatic rings. The summed E-state index contributed by atoms with van der Waals surface area (Å²) in [4.78, 5) is 31.1. The normalized spacial score (nSPS) is 31.5. The Morgan fingerprint density at radius 3 is 2.96 bits per heavy atom. The molecular formula is C18H24N4O2. The lowest BCUT2D eigenvalue weighted by Crippen LogP contribution is -2.51. The number of nitrogens with one attached hydrogen (secondary N) is 1. The van der Waals surface area contributed by atoms with Crippen molar-refractivity contribution in [1.29, 1.82) is 0 Å². The van der Waals surface area contributed by atoms with Gasteiger partial charge < -0.3 is 14.8 Å². The number of carbonyl (C=O) groups is 1. The van der Waals surface area contributed by atoms with Crippen LogP contribution in [0.25, 0.3) is 0 Å². The van der Waals surface area contributed by atoms with Crippen LogP contribution < -0.4 is 15.8 Å². The van der Waals surface area contributed by atoms with E-state index in [0.29, 0.717) is 24.2 Å². The second kappa shape index (κ2) is 6.07. The molecule has 1 saturated heterocycles. The van der Waals surface area contributed by atoms with Crippen molar-refractivity contribution < 1.29 is 4.79 Å². The van der Waals surface area contributed by atoms with Gasteiger partial charge in [-0.2, -0.15) is 0 Å². The average Bonchev–Trinajstić information content (AvgIpc) is 3.21. The third-order valence-electron chi connectivity index (χ3n) is 5.68. The van der Waals surface area contributed by atoms with Crippen LogP contribution in [-0.2, 0) is 11.8 Å². The highest BCUT2D eigenvalue weighted by Gasteiger charge is 2.40. The van der Waals surface area contributed by atoms with Crippen molar-refractivity contribution in [1.82, 2.24) is 14.9 Å². The van der Waals surface area contributed by atoms with Gasteiger partial charge in [-0.25, -0.2) is 4.98 Å². The summed E-state index contributed by atoms with van der Waals surface area (Å²) in [6.07, 6.45) is 11.8. The van der Waals surface area contributed by atoms with E-state index in [4.69, 9.17) is 0 Å². The van der Waals surface area contributed by atoms with Crippen LogP contribution in [0.4, 0.5) is 5.82 Å². The topological polar surface area (TPSA) is 67.2 Å². The standard InChI is InChI=1S/C18H24N4O2/c1-21-8-6-19-16(18(21)24)22-7-2-3-14(11-22)20-17(23)15-10-12-4-5-13(15)9-12/h4-6,8,12-15H,2-3,7,9-11H2,1H3,(H,20,23)/t12-,13-,14+,15-/m0/s1. The zero-order valence-electron chi connectivity index (χ0n) is 14.0. The summed E-state index contributed by atoms with van der Waals surface area (Å²) in [5.41, 5.74) is -0.0808. The number of anilines is 1. The molecule has 2 heterocycles. The second-order valence-corrected chi connectivity index (χ2v) is 7.35. The maximum absolute atomic E-state index is 12.6. The molecule has 1 saturated carbocycles. The predicted octanol–water partition coefficient (Wildman–Crippen LogP) is 1.08. The van der Waals surface area contributed by atoms with Crippen LogP contribution in [0.15, 0.2) is 29.3 Å². The molecule has 3 aliphatic rings. The molecule has 1 N–H and O–H groups in total. The molecule has 0 unspecified atom stereocenters. The van der Waals surface area contributed by atoms with Crippen molar-refractivity contribution in [3.63, 3.8) is 0 Å². The molecule has 128 valence electrons. The Morgan fingerprint density at radius 1 is 1.33 bits per heavy atom. The van der Waals surface area contributed by atoms with E-state index in [0.717, 1.165) is 32.2 Å². The molecule has 1 aromatic heterocycles. The van der Waals surface area contributed by atoms with Crippen LogP contribution in [0.1, 0.15) is 25.7 Å². The third kappa shape index (κ3) is 2.74. The maximum atomic E-state index is 12.6. The van der Waals surface area contributed by atoms with Crippen LogP contribution >= 0.6 is 0 Å². The van der Waals surface area contributed by atoms with Crippen molar-refractivity contribution in [3.8, 4) is 0 Å². The van der Waals surface area contributed by atoms with Gasteiger partial charge >= 0.3 is 0 Å². The summed E-state index contributed by atoms with van der Waals surface area (Å²) in [6, 6.07) is 0.0982. The van der Waals surface area contributed by atoms with E-state index in [1.807, 2.05) is 4.90 Å². The lowest BCUT2D eigenvalue weighted by Gasteiger charge is -2.34. The Bertz CT molecular complexity index is 726. The molecule has 1 amide bonds. The highest BCUT2D eigenvalue weighted by molar-refractivity contribution is 5.80. The number of hydrogen-bond donors (Lipinski definition) is 1. The first-order chi connectivity index (χ1) is 11.6. The Balaban J connectivity index is 1.42. The lowest BCUT2D eigenvalue weighted by molar-refractivity contribution is -0.126. The molecule has 1 aliphatic heterocycles. The average molecular weight is 328 g/mol. The number of aromatic nitrogens is 2. The molecule has 6 heteroatoms. The predicted molar refractivity (Wildman–Crippen MR) is 91.7 cm³/mol. The van der Waals surface area contributed by atoms with E-state index in [9.17, 15) is 9.59 Å². The van der Waals surface area contributed by atoms with E-state index in [1.165, 1.54) is 0 Å². The Labute approximate surface area is 141 Å². The summed E-state index contributed by atoms with van der Waals surface area (Å²) in [5, 5.41) is 3.23. The molecule has 6 nitrogen and oxygen atoms in total. The van der Waals surface area contributed by atoms with E-state index < -0.39 is 0 Å². The van der Waals surface area contributed by atoms with Gasteiger partial charge in [0, 0.05) is 44.5 Å². The summed E-state index contributed by atoms with van der Waals surface area (Å²) >= 11 is 0. The number of carbonyl (C=O) groups excluding carboxylic acids is 1. The molecule has 0 spiro atoms. The zero-order chi connectivity index (χ0) is 16.7. The monoisotopic (exact) mass is 328 g/mol. The molecule has 2 aliphatic carbocycles. The molecule has 24 heavy (non-hydrogen) atoms. The largest absolute Gasteiger partial charge is 0.351 e. The molecule has 4 atom stereocenters. The van der Waals surface area contributed by atoms with Crippen LogP contribution in [0.5, 0.6) is 0 Å². The minimum Gasteiger partial charge on any atom is -0.351 e. The highest BCUT2D eigenvalue weighted by atomic mass is 16.2. The van der Waals surface area contributed by atoms with Gasteiger partial charge in [-0.05, 0) is 37.5 Å². The van der Waals surface area contributed by atoms with Crippen molar-refractivity contribution in [2.75, 3.05) is 18.0 Å². The van der Waals surface area contributed by atoms with Crippen molar-refractivity contribution in [3.05, 3.63) is 34.9 Å². The van der Waals surface area contributed by atoms with E-state index in [2.05, 4.69) is 22.5 Å². The first kappa shape index (κ1) is 15.4. The smallest absolute Gasteiger partial charge is 0.293 e. The van der Waals surface area contributed by atoms with E-state index in [1.54, 1.807) is 24.0 Å². The van der Waals surface area contributed by atoms with Crippen LogP contribution in [0.2, 0.25) is 0 Å². The molecule has 0 radical (unpaired) electrons. The van der Waals surface area contributed by atoms with Crippen molar-refractivity contribution in [2.24, 2.45) is 24.8 Å². The van der Waals surface area contributed by atoms with Crippen LogP contribution in [0, 0.1) is 17.8 Å². The Kier molecular flexibility index (Phi) is 3.90. The van der Waals surface area contributed by atoms with Gasteiger partial charge in [0.1, 0.15) is 0 Å². The SMILES string of the molecule is Cn1ccnc(N2CCC[C@@H](NC(=O)[C@H]3C[C@H]4C=C[C@H]3C4)C2)c1=O. The summed E-state index contributed by atoms with van der Waals surface area (Å²) in [6.45, 7) is 1.48. The van der Waals surface area contributed by atoms with E-state index in [-0.39, 0.29) is 23.4 Å². The quantitative estimate of drug-likeness (QED) is 0.843. The van der Waals surface area contributed by atoms with Gasteiger partial charge in [-0.3, -0.25) is 9.59 Å². The number of amides is 1. The fraction of sp³-hybridized carbons (Fsp3) is 0.611. The number of piperidine rings is 1. The number of rotatable bonds is 3. The minimum absolute atomic E-state index is 0.0808. The first-order valence-corrected chi connectivity index (χ1v) is 8.87. The summed E-state index contributed by atoms with van der Waals surface area (Å²) in [5.74, 6) is 1.84. The van der Waals surface area contributed by atoms with Gasteiger partial charge in [0.2, 0.25) is 5.91 Å². The summed E-state index contributed by atoms with van der Waals surface area (Å²) < 4.78 is 1.55. The van der Waals surface area contributed by atoms with Gasteiger partial charge in [0.25, 0.3) is 5.56 Å². The number of fused-ring (bicyclic) bond motifs is 2. The molecule has 2 bridgehead atoms. The number of nitrogens with zero attached hydrogens (tertiary/aromatic N) is 3.